The Morgan fingerprint density at radius 3 is 2.89 bits per heavy atom. The molecule has 8 heteroatoms. The maximum atomic E-state index is 11.8. The van der Waals surface area contributed by atoms with E-state index in [9.17, 15) is 13.2 Å². The smallest absolute Gasteiger partial charge is 0.248 e. The molecule has 18 heavy (non-hydrogen) atoms. The van der Waals surface area contributed by atoms with E-state index in [4.69, 9.17) is 10.5 Å². The lowest BCUT2D eigenvalue weighted by atomic mass is 10.1. The number of nitrogens with two attached hydrogens (primary N) is 1. The summed E-state index contributed by atoms with van der Waals surface area (Å²) in [6.07, 6.45) is 2.66. The number of rotatable bonds is 6. The van der Waals surface area contributed by atoms with Crippen LogP contribution in [0.25, 0.3) is 0 Å². The zero-order chi connectivity index (χ0) is 13.6. The number of carbonyl (C=O) groups excluding carboxylic acids is 1. The fourth-order valence-corrected chi connectivity index (χ4v) is 2.73. The largest absolute Gasteiger partial charge is 0.370 e. The van der Waals surface area contributed by atoms with E-state index in [1.807, 2.05) is 0 Å². The Balaban J connectivity index is 2.40. The Bertz CT molecular complexity index is 371. The standard InChI is InChI=1S/C10H21N3O4S/c1-18(15,16)12-9-3-2-5-13(7-9)10(14)8-17-6-4-11/h9,12H,2-8,11H2,1H3. The van der Waals surface area contributed by atoms with Crippen molar-refractivity contribution in [3.63, 3.8) is 0 Å². The van der Waals surface area contributed by atoms with E-state index in [1.54, 1.807) is 4.90 Å². The summed E-state index contributed by atoms with van der Waals surface area (Å²) in [5.74, 6) is -0.122. The third-order valence-electron chi connectivity index (χ3n) is 2.64. The summed E-state index contributed by atoms with van der Waals surface area (Å²) in [5.41, 5.74) is 5.26. The molecule has 1 unspecified atom stereocenters. The minimum atomic E-state index is -3.23. The van der Waals surface area contributed by atoms with Crippen LogP contribution in [0.3, 0.4) is 0 Å². The van der Waals surface area contributed by atoms with E-state index in [0.29, 0.717) is 26.2 Å². The second-order valence-electron chi connectivity index (χ2n) is 4.41. The van der Waals surface area contributed by atoms with Crippen LogP contribution in [0, 0.1) is 0 Å². The molecule has 7 nitrogen and oxygen atoms in total. The summed E-state index contributed by atoms with van der Waals surface area (Å²) in [6, 6.07) is -0.202. The van der Waals surface area contributed by atoms with E-state index in [-0.39, 0.29) is 18.6 Å². The lowest BCUT2D eigenvalue weighted by molar-refractivity contribution is -0.137. The first-order valence-corrected chi connectivity index (χ1v) is 7.84. The van der Waals surface area contributed by atoms with Crippen molar-refractivity contribution in [1.29, 1.82) is 0 Å². The zero-order valence-electron chi connectivity index (χ0n) is 10.6. The highest BCUT2D eigenvalue weighted by Crippen LogP contribution is 2.11. The van der Waals surface area contributed by atoms with Gasteiger partial charge >= 0.3 is 0 Å². The highest BCUT2D eigenvalue weighted by Gasteiger charge is 2.25. The Hall–Kier alpha value is -0.700. The fraction of sp³-hybridized carbons (Fsp3) is 0.900. The average Bonchev–Trinajstić information content (AvgIpc) is 2.27. The Morgan fingerprint density at radius 2 is 2.28 bits per heavy atom. The average molecular weight is 279 g/mol. The predicted molar refractivity (Wildman–Crippen MR) is 67.5 cm³/mol. The molecule has 1 heterocycles. The molecule has 1 aliphatic rings. The van der Waals surface area contributed by atoms with Gasteiger partial charge in [-0.1, -0.05) is 0 Å². The molecule has 1 aliphatic heterocycles. The number of nitrogens with one attached hydrogen (secondary N) is 1. The van der Waals surface area contributed by atoms with Gasteiger partial charge in [0.2, 0.25) is 15.9 Å². The SMILES string of the molecule is CS(=O)(=O)NC1CCCN(C(=O)COCCN)C1. The fourth-order valence-electron chi connectivity index (χ4n) is 1.94. The van der Waals surface area contributed by atoms with Crippen molar-refractivity contribution in [2.75, 3.05) is 39.1 Å². The van der Waals surface area contributed by atoms with Crippen molar-refractivity contribution in [3.05, 3.63) is 0 Å². The quantitative estimate of drug-likeness (QED) is 0.576. The maximum Gasteiger partial charge on any atom is 0.248 e. The van der Waals surface area contributed by atoms with Crippen molar-refractivity contribution in [2.24, 2.45) is 5.73 Å². The molecule has 3 N–H and O–H groups in total. The van der Waals surface area contributed by atoms with Crippen LogP contribution < -0.4 is 10.5 Å². The van der Waals surface area contributed by atoms with Gasteiger partial charge in [-0.15, -0.1) is 0 Å². The van der Waals surface area contributed by atoms with Gasteiger partial charge in [0.25, 0.3) is 0 Å². The number of carbonyl (C=O) groups is 1. The Labute approximate surface area is 108 Å². The minimum Gasteiger partial charge on any atom is -0.370 e. The van der Waals surface area contributed by atoms with Crippen LogP contribution in [-0.2, 0) is 19.6 Å². The second kappa shape index (κ2) is 7.03. The molecule has 0 saturated carbocycles. The van der Waals surface area contributed by atoms with Crippen molar-refractivity contribution in [1.82, 2.24) is 9.62 Å². The summed E-state index contributed by atoms with van der Waals surface area (Å²) in [6.45, 7) is 1.78. The molecule has 1 amide bonds. The molecule has 0 spiro atoms. The molecule has 1 fully saturated rings. The molecule has 1 atom stereocenters. The van der Waals surface area contributed by atoms with Gasteiger partial charge in [-0.25, -0.2) is 13.1 Å². The van der Waals surface area contributed by atoms with Crippen molar-refractivity contribution >= 4 is 15.9 Å². The topological polar surface area (TPSA) is 102 Å². The van der Waals surface area contributed by atoms with Crippen LogP contribution >= 0.6 is 0 Å². The molecule has 0 aromatic heterocycles. The van der Waals surface area contributed by atoms with Crippen LogP contribution in [-0.4, -0.2) is 64.4 Å². The van der Waals surface area contributed by atoms with Gasteiger partial charge in [-0.05, 0) is 12.8 Å². The van der Waals surface area contributed by atoms with Crippen molar-refractivity contribution in [2.45, 2.75) is 18.9 Å². The first kappa shape index (κ1) is 15.4. The molecular formula is C10H21N3O4S. The summed E-state index contributed by atoms with van der Waals surface area (Å²) in [5, 5.41) is 0. The third kappa shape index (κ3) is 5.76. The van der Waals surface area contributed by atoms with Gasteiger partial charge in [0.05, 0.1) is 12.9 Å². The predicted octanol–water partition coefficient (Wildman–Crippen LogP) is -1.50. The van der Waals surface area contributed by atoms with E-state index in [0.717, 1.165) is 19.1 Å². The zero-order valence-corrected chi connectivity index (χ0v) is 11.4. The normalized spacial score (nSPS) is 21.0. The number of likely N-dealkylation sites (tertiary alicyclic amines) is 1. The molecule has 106 valence electrons. The molecule has 0 aromatic rings. The second-order valence-corrected chi connectivity index (χ2v) is 6.19. The molecule has 1 saturated heterocycles. The van der Waals surface area contributed by atoms with E-state index in [2.05, 4.69) is 4.72 Å². The first-order valence-electron chi connectivity index (χ1n) is 5.95. The number of hydrogen-bond donors (Lipinski definition) is 2. The number of hydrogen-bond acceptors (Lipinski definition) is 5. The number of sulfonamides is 1. The van der Waals surface area contributed by atoms with Crippen LogP contribution in [0.2, 0.25) is 0 Å². The molecule has 0 radical (unpaired) electrons. The van der Waals surface area contributed by atoms with Crippen LogP contribution in [0.15, 0.2) is 0 Å². The van der Waals surface area contributed by atoms with Crippen LogP contribution in [0.5, 0.6) is 0 Å². The lowest BCUT2D eigenvalue weighted by Crippen LogP contribution is -2.50. The maximum absolute atomic E-state index is 11.8. The van der Waals surface area contributed by atoms with Gasteiger partial charge in [0.15, 0.2) is 0 Å². The molecule has 1 rings (SSSR count). The van der Waals surface area contributed by atoms with E-state index in [1.165, 1.54) is 0 Å². The highest BCUT2D eigenvalue weighted by molar-refractivity contribution is 7.88. The van der Waals surface area contributed by atoms with Gasteiger partial charge in [0, 0.05) is 25.7 Å². The van der Waals surface area contributed by atoms with Crippen LogP contribution in [0.4, 0.5) is 0 Å². The van der Waals surface area contributed by atoms with E-state index >= 15 is 0 Å². The van der Waals surface area contributed by atoms with Gasteiger partial charge in [-0.3, -0.25) is 4.79 Å². The summed E-state index contributed by atoms with van der Waals surface area (Å²) < 4.78 is 29.9. The van der Waals surface area contributed by atoms with Crippen molar-refractivity contribution in [3.8, 4) is 0 Å². The lowest BCUT2D eigenvalue weighted by Gasteiger charge is -2.32. The molecule has 0 bridgehead atoms. The van der Waals surface area contributed by atoms with Gasteiger partial charge < -0.3 is 15.4 Å². The molecule has 0 aromatic carbocycles. The summed E-state index contributed by atoms with van der Waals surface area (Å²) in [7, 11) is -3.23. The molecule has 0 aliphatic carbocycles. The highest BCUT2D eigenvalue weighted by atomic mass is 32.2. The number of ether oxygens (including phenoxy) is 1. The number of nitrogens with zero attached hydrogens (tertiary/aromatic N) is 1. The third-order valence-corrected chi connectivity index (χ3v) is 3.40. The molecular weight excluding hydrogens is 258 g/mol. The monoisotopic (exact) mass is 279 g/mol. The van der Waals surface area contributed by atoms with Gasteiger partial charge in [0.1, 0.15) is 6.61 Å². The minimum absolute atomic E-state index is 0.00277. The van der Waals surface area contributed by atoms with Gasteiger partial charge in [-0.2, -0.15) is 0 Å². The number of amides is 1. The summed E-state index contributed by atoms with van der Waals surface area (Å²) in [4.78, 5) is 13.4. The Morgan fingerprint density at radius 1 is 1.56 bits per heavy atom. The number of piperidine rings is 1. The first-order chi connectivity index (χ1) is 8.42. The Kier molecular flexibility index (Phi) is 6.00. The van der Waals surface area contributed by atoms with Crippen molar-refractivity contribution < 1.29 is 17.9 Å². The summed E-state index contributed by atoms with van der Waals surface area (Å²) >= 11 is 0. The van der Waals surface area contributed by atoms with Crippen LogP contribution in [0.1, 0.15) is 12.8 Å². The van der Waals surface area contributed by atoms with E-state index < -0.39 is 10.0 Å².